The van der Waals surface area contributed by atoms with Gasteiger partial charge in [0.05, 0.1) is 6.61 Å². The molecule has 3 N–H and O–H groups in total. The molecule has 3 rings (SSSR count). The summed E-state index contributed by atoms with van der Waals surface area (Å²) in [5.74, 6) is 1.30. The lowest BCUT2D eigenvalue weighted by Gasteiger charge is -2.34. The van der Waals surface area contributed by atoms with Gasteiger partial charge < -0.3 is 25.6 Å². The minimum absolute atomic E-state index is 0.0467. The Hall–Kier alpha value is -2.14. The van der Waals surface area contributed by atoms with Crippen molar-refractivity contribution in [2.24, 2.45) is 10.9 Å². The van der Waals surface area contributed by atoms with Crippen LogP contribution in [0.5, 0.6) is 0 Å². The van der Waals surface area contributed by atoms with Gasteiger partial charge in [-0.1, -0.05) is 0 Å². The van der Waals surface area contributed by atoms with Crippen LogP contribution in [-0.2, 0) is 10.9 Å². The highest BCUT2D eigenvalue weighted by Crippen LogP contribution is 2.27. The second-order valence-electron chi connectivity index (χ2n) is 7.64. The van der Waals surface area contributed by atoms with E-state index in [1.165, 1.54) is 0 Å². The monoisotopic (exact) mass is 429 g/mol. The number of ether oxygens (including phenoxy) is 1. The molecular weight excluding hydrogens is 399 g/mol. The lowest BCUT2D eigenvalue weighted by atomic mass is 10.0. The number of alkyl halides is 3. The van der Waals surface area contributed by atoms with Crippen LogP contribution in [0.2, 0.25) is 0 Å². The Labute approximate surface area is 174 Å². The molecule has 0 amide bonds. The summed E-state index contributed by atoms with van der Waals surface area (Å²) in [5.41, 5.74) is -0.961. The molecule has 0 aliphatic carbocycles. The first-order valence-electron chi connectivity index (χ1n) is 10.4. The van der Waals surface area contributed by atoms with Crippen LogP contribution in [0.25, 0.3) is 0 Å². The number of anilines is 1. The van der Waals surface area contributed by atoms with E-state index < -0.39 is 11.9 Å². The molecule has 3 heterocycles. The maximum atomic E-state index is 12.7. The Kier molecular flexibility index (Phi) is 8.08. The molecule has 8 nitrogen and oxygen atoms in total. The van der Waals surface area contributed by atoms with Gasteiger partial charge in [-0.15, -0.1) is 0 Å². The molecule has 0 saturated carbocycles. The van der Waals surface area contributed by atoms with Gasteiger partial charge in [0.15, 0.2) is 5.96 Å². The summed E-state index contributed by atoms with van der Waals surface area (Å²) in [4.78, 5) is 14.0. The minimum atomic E-state index is -4.48. The standard InChI is InChI=1S/C19H30F3N7O/c1-23-17(25-7-8-26-18-24-6-2-16(28-18)19(20,21)22)27-15-3-9-29(10-4-15)12-14-5-11-30-13-14/h2,6,14-15H,3-5,7-13H2,1H3,(H2,23,25,27)(H,24,26,28). The molecular formula is C19H30F3N7O. The fourth-order valence-electron chi connectivity index (χ4n) is 3.70. The maximum absolute atomic E-state index is 12.7. The Balaban J connectivity index is 1.33. The molecule has 2 saturated heterocycles. The number of aromatic nitrogens is 2. The smallest absolute Gasteiger partial charge is 0.381 e. The quantitative estimate of drug-likeness (QED) is 0.345. The zero-order valence-electron chi connectivity index (χ0n) is 17.2. The van der Waals surface area contributed by atoms with Crippen LogP contribution in [-0.4, -0.2) is 79.9 Å². The van der Waals surface area contributed by atoms with Gasteiger partial charge in [-0.3, -0.25) is 4.99 Å². The van der Waals surface area contributed by atoms with Crippen molar-refractivity contribution in [3.05, 3.63) is 18.0 Å². The summed E-state index contributed by atoms with van der Waals surface area (Å²) in [7, 11) is 1.70. The van der Waals surface area contributed by atoms with Gasteiger partial charge in [-0.25, -0.2) is 9.97 Å². The number of aliphatic imine (C=N–C) groups is 1. The second-order valence-corrected chi connectivity index (χ2v) is 7.64. The van der Waals surface area contributed by atoms with Crippen LogP contribution in [0, 0.1) is 5.92 Å². The topological polar surface area (TPSA) is 86.7 Å². The normalized spacial score (nSPS) is 21.6. The van der Waals surface area contributed by atoms with Gasteiger partial charge in [-0.05, 0) is 31.2 Å². The highest BCUT2D eigenvalue weighted by Gasteiger charge is 2.32. The van der Waals surface area contributed by atoms with Gasteiger partial charge >= 0.3 is 6.18 Å². The molecule has 2 aliphatic heterocycles. The van der Waals surface area contributed by atoms with E-state index in [1.54, 1.807) is 7.05 Å². The van der Waals surface area contributed by atoms with E-state index in [0.29, 0.717) is 31.0 Å². The first-order valence-corrected chi connectivity index (χ1v) is 10.4. The summed E-state index contributed by atoms with van der Waals surface area (Å²) < 4.78 is 43.5. The zero-order valence-corrected chi connectivity index (χ0v) is 17.2. The van der Waals surface area contributed by atoms with Gasteiger partial charge in [0.2, 0.25) is 5.95 Å². The molecule has 0 radical (unpaired) electrons. The predicted octanol–water partition coefficient (Wildman–Crippen LogP) is 1.57. The van der Waals surface area contributed by atoms with E-state index in [9.17, 15) is 13.2 Å². The molecule has 168 valence electrons. The molecule has 0 aromatic carbocycles. The molecule has 1 aromatic heterocycles. The highest BCUT2D eigenvalue weighted by atomic mass is 19.4. The summed E-state index contributed by atoms with van der Waals surface area (Å²) in [6.45, 7) is 5.83. The number of guanidine groups is 1. The number of likely N-dealkylation sites (tertiary alicyclic amines) is 1. The molecule has 2 aliphatic rings. The van der Waals surface area contributed by atoms with Crippen molar-refractivity contribution in [1.82, 2.24) is 25.5 Å². The lowest BCUT2D eigenvalue weighted by molar-refractivity contribution is -0.141. The van der Waals surface area contributed by atoms with E-state index in [2.05, 4.69) is 35.8 Å². The Morgan fingerprint density at radius 2 is 2.07 bits per heavy atom. The SMILES string of the molecule is CN=C(NCCNc1nccc(C(F)(F)F)n1)NC1CCN(CC2CCOC2)CC1. The fourth-order valence-corrected chi connectivity index (χ4v) is 3.70. The van der Waals surface area contributed by atoms with Gasteiger partial charge in [0.25, 0.3) is 0 Å². The van der Waals surface area contributed by atoms with Crippen molar-refractivity contribution >= 4 is 11.9 Å². The first-order chi connectivity index (χ1) is 14.4. The number of nitrogens with zero attached hydrogens (tertiary/aromatic N) is 4. The van der Waals surface area contributed by atoms with Gasteiger partial charge in [0, 0.05) is 58.6 Å². The summed E-state index contributed by atoms with van der Waals surface area (Å²) in [5, 5.41) is 9.39. The van der Waals surface area contributed by atoms with E-state index in [0.717, 1.165) is 64.4 Å². The fraction of sp³-hybridized carbons (Fsp3) is 0.737. The largest absolute Gasteiger partial charge is 0.433 e. The Bertz CT molecular complexity index is 687. The first kappa shape index (κ1) is 22.5. The zero-order chi connectivity index (χ0) is 21.4. The molecule has 0 spiro atoms. The third-order valence-corrected chi connectivity index (χ3v) is 5.34. The molecule has 11 heteroatoms. The van der Waals surface area contributed by atoms with Crippen molar-refractivity contribution in [3.8, 4) is 0 Å². The Morgan fingerprint density at radius 3 is 2.73 bits per heavy atom. The highest BCUT2D eigenvalue weighted by molar-refractivity contribution is 5.80. The van der Waals surface area contributed by atoms with Crippen molar-refractivity contribution < 1.29 is 17.9 Å². The van der Waals surface area contributed by atoms with Crippen LogP contribution in [0.1, 0.15) is 25.0 Å². The van der Waals surface area contributed by atoms with Crippen LogP contribution in [0.3, 0.4) is 0 Å². The summed E-state index contributed by atoms with van der Waals surface area (Å²) >= 11 is 0. The molecule has 1 atom stereocenters. The van der Waals surface area contributed by atoms with Crippen LogP contribution in [0.4, 0.5) is 19.1 Å². The van der Waals surface area contributed by atoms with E-state index >= 15 is 0 Å². The van der Waals surface area contributed by atoms with E-state index in [4.69, 9.17) is 4.74 Å². The summed E-state index contributed by atoms with van der Waals surface area (Å²) in [6.07, 6.45) is -0.133. The van der Waals surface area contributed by atoms with Crippen LogP contribution >= 0.6 is 0 Å². The maximum Gasteiger partial charge on any atom is 0.433 e. The van der Waals surface area contributed by atoms with Crippen LogP contribution < -0.4 is 16.0 Å². The van der Waals surface area contributed by atoms with Crippen molar-refractivity contribution in [3.63, 3.8) is 0 Å². The van der Waals surface area contributed by atoms with Gasteiger partial charge in [0.1, 0.15) is 5.69 Å². The average molecular weight is 429 g/mol. The number of nitrogens with one attached hydrogen (secondary N) is 3. The van der Waals surface area contributed by atoms with Crippen molar-refractivity contribution in [2.45, 2.75) is 31.5 Å². The van der Waals surface area contributed by atoms with Crippen molar-refractivity contribution in [2.75, 3.05) is 58.3 Å². The third-order valence-electron chi connectivity index (χ3n) is 5.34. The minimum Gasteiger partial charge on any atom is -0.381 e. The van der Waals surface area contributed by atoms with Gasteiger partial charge in [-0.2, -0.15) is 13.2 Å². The number of hydrogen-bond acceptors (Lipinski definition) is 6. The lowest BCUT2D eigenvalue weighted by Crippen LogP contribution is -2.49. The molecule has 30 heavy (non-hydrogen) atoms. The number of hydrogen-bond donors (Lipinski definition) is 3. The van der Waals surface area contributed by atoms with Crippen molar-refractivity contribution in [1.29, 1.82) is 0 Å². The average Bonchev–Trinajstić information content (AvgIpc) is 3.24. The van der Waals surface area contributed by atoms with Crippen LogP contribution in [0.15, 0.2) is 17.3 Å². The molecule has 1 aromatic rings. The number of halogens is 3. The molecule has 1 unspecified atom stereocenters. The molecule has 2 fully saturated rings. The Morgan fingerprint density at radius 1 is 1.27 bits per heavy atom. The van der Waals surface area contributed by atoms with E-state index in [-0.39, 0.29) is 5.95 Å². The molecule has 0 bridgehead atoms. The third kappa shape index (κ3) is 6.98. The number of rotatable bonds is 7. The second kappa shape index (κ2) is 10.8. The number of piperidine rings is 1. The summed E-state index contributed by atoms with van der Waals surface area (Å²) in [6, 6.07) is 1.20. The van der Waals surface area contributed by atoms with E-state index in [1.807, 2.05) is 0 Å². The predicted molar refractivity (Wildman–Crippen MR) is 108 cm³/mol.